The molecule has 0 atom stereocenters. The smallest absolute Gasteiger partial charge is 0.275 e. The first-order valence-corrected chi connectivity index (χ1v) is 6.77. The van der Waals surface area contributed by atoms with Crippen molar-refractivity contribution >= 4 is 22.9 Å². The van der Waals surface area contributed by atoms with Crippen LogP contribution in [0.15, 0.2) is 29.8 Å². The number of nitrogens with one attached hydrogen (secondary N) is 1. The van der Waals surface area contributed by atoms with Crippen molar-refractivity contribution in [1.82, 2.24) is 4.98 Å². The Morgan fingerprint density at radius 3 is 2.44 bits per heavy atom. The molecular weight excluding hydrogens is 244 g/mol. The van der Waals surface area contributed by atoms with Crippen LogP contribution in [0, 0.1) is 6.92 Å². The quantitative estimate of drug-likeness (QED) is 0.911. The summed E-state index contributed by atoms with van der Waals surface area (Å²) in [6.07, 6.45) is 0. The van der Waals surface area contributed by atoms with Gasteiger partial charge in [-0.05, 0) is 30.5 Å². The molecule has 1 heterocycles. The molecule has 3 nitrogen and oxygen atoms in total. The summed E-state index contributed by atoms with van der Waals surface area (Å²) in [6.45, 7) is 6.19. The van der Waals surface area contributed by atoms with Crippen LogP contribution in [-0.2, 0) is 0 Å². The predicted octanol–water partition coefficient (Wildman–Crippen LogP) is 3.83. The molecule has 0 aliphatic rings. The van der Waals surface area contributed by atoms with Gasteiger partial charge in [-0.15, -0.1) is 11.3 Å². The van der Waals surface area contributed by atoms with Crippen molar-refractivity contribution in [3.05, 3.63) is 45.9 Å². The van der Waals surface area contributed by atoms with Crippen molar-refractivity contribution in [3.63, 3.8) is 0 Å². The number of rotatable bonds is 3. The number of thiazole rings is 1. The first kappa shape index (κ1) is 12.8. The van der Waals surface area contributed by atoms with Gasteiger partial charge in [-0.3, -0.25) is 4.79 Å². The molecule has 0 fully saturated rings. The second-order valence-electron chi connectivity index (χ2n) is 4.49. The predicted molar refractivity (Wildman–Crippen MR) is 75.3 cm³/mol. The third-order valence-corrected chi connectivity index (χ3v) is 3.55. The normalized spacial score (nSPS) is 10.7. The van der Waals surface area contributed by atoms with Gasteiger partial charge in [0.25, 0.3) is 5.91 Å². The molecule has 4 heteroatoms. The van der Waals surface area contributed by atoms with Crippen LogP contribution in [-0.4, -0.2) is 10.9 Å². The number of aromatic nitrogens is 1. The molecular formula is C14H16N2OS. The summed E-state index contributed by atoms with van der Waals surface area (Å²) in [5, 5.41) is 2.86. The molecule has 0 spiro atoms. The van der Waals surface area contributed by atoms with Gasteiger partial charge in [-0.25, -0.2) is 4.98 Å². The van der Waals surface area contributed by atoms with Crippen molar-refractivity contribution in [1.29, 1.82) is 0 Å². The monoisotopic (exact) mass is 260 g/mol. The van der Waals surface area contributed by atoms with E-state index < -0.39 is 0 Å². The Balaban J connectivity index is 2.10. The van der Waals surface area contributed by atoms with E-state index >= 15 is 0 Å². The number of hydrogen-bond donors (Lipinski definition) is 1. The van der Waals surface area contributed by atoms with E-state index in [1.807, 2.05) is 31.2 Å². The highest BCUT2D eigenvalue weighted by atomic mass is 32.1. The second-order valence-corrected chi connectivity index (χ2v) is 5.55. The third-order valence-electron chi connectivity index (χ3n) is 2.80. The van der Waals surface area contributed by atoms with Crippen LogP contribution in [0.2, 0.25) is 0 Å². The molecule has 0 saturated heterocycles. The minimum absolute atomic E-state index is 0.147. The standard InChI is InChI=1S/C14H16N2OS/c1-9(2)11-4-6-12(7-5-11)16-14(17)13-10(3)18-8-15-13/h4-9H,1-3H3,(H,16,17). The van der Waals surface area contributed by atoms with Crippen LogP contribution in [0.1, 0.15) is 40.7 Å². The average Bonchev–Trinajstić information content (AvgIpc) is 2.76. The summed E-state index contributed by atoms with van der Waals surface area (Å²) < 4.78 is 0. The zero-order valence-corrected chi connectivity index (χ0v) is 11.5. The lowest BCUT2D eigenvalue weighted by atomic mass is 10.0. The fourth-order valence-corrected chi connectivity index (χ4v) is 2.24. The molecule has 1 aromatic carbocycles. The van der Waals surface area contributed by atoms with Crippen LogP contribution in [0.4, 0.5) is 5.69 Å². The summed E-state index contributed by atoms with van der Waals surface area (Å²) in [7, 11) is 0. The van der Waals surface area contributed by atoms with E-state index in [4.69, 9.17) is 0 Å². The van der Waals surface area contributed by atoms with Crippen molar-refractivity contribution in [3.8, 4) is 0 Å². The largest absolute Gasteiger partial charge is 0.321 e. The van der Waals surface area contributed by atoms with Crippen LogP contribution >= 0.6 is 11.3 Å². The van der Waals surface area contributed by atoms with E-state index in [-0.39, 0.29) is 5.91 Å². The maximum atomic E-state index is 11.9. The number of hydrogen-bond acceptors (Lipinski definition) is 3. The number of carbonyl (C=O) groups is 1. The molecule has 0 bridgehead atoms. The van der Waals surface area contributed by atoms with Gasteiger partial charge in [-0.1, -0.05) is 26.0 Å². The molecule has 1 amide bonds. The Kier molecular flexibility index (Phi) is 3.77. The molecule has 2 rings (SSSR count). The molecule has 0 aliphatic heterocycles. The van der Waals surface area contributed by atoms with Crippen LogP contribution in [0.25, 0.3) is 0 Å². The van der Waals surface area contributed by atoms with Crippen molar-refractivity contribution < 1.29 is 4.79 Å². The van der Waals surface area contributed by atoms with Crippen molar-refractivity contribution in [2.45, 2.75) is 26.7 Å². The van der Waals surface area contributed by atoms with E-state index in [1.54, 1.807) is 5.51 Å². The summed E-state index contributed by atoms with van der Waals surface area (Å²) >= 11 is 1.48. The topological polar surface area (TPSA) is 42.0 Å². The van der Waals surface area contributed by atoms with Crippen molar-refractivity contribution in [2.24, 2.45) is 0 Å². The van der Waals surface area contributed by atoms with Gasteiger partial charge >= 0.3 is 0 Å². The minimum atomic E-state index is -0.147. The van der Waals surface area contributed by atoms with Crippen LogP contribution < -0.4 is 5.32 Å². The number of nitrogens with zero attached hydrogens (tertiary/aromatic N) is 1. The molecule has 1 N–H and O–H groups in total. The summed E-state index contributed by atoms with van der Waals surface area (Å²) in [4.78, 5) is 16.9. The minimum Gasteiger partial charge on any atom is -0.321 e. The fourth-order valence-electron chi connectivity index (χ4n) is 1.66. The van der Waals surface area contributed by atoms with E-state index in [2.05, 4.69) is 24.1 Å². The molecule has 18 heavy (non-hydrogen) atoms. The molecule has 0 unspecified atom stereocenters. The van der Waals surface area contributed by atoms with E-state index in [1.165, 1.54) is 16.9 Å². The lowest BCUT2D eigenvalue weighted by molar-refractivity contribution is 0.102. The highest BCUT2D eigenvalue weighted by molar-refractivity contribution is 7.09. The fraction of sp³-hybridized carbons (Fsp3) is 0.286. The highest BCUT2D eigenvalue weighted by Crippen LogP contribution is 2.18. The summed E-state index contributed by atoms with van der Waals surface area (Å²) in [6, 6.07) is 7.92. The number of amides is 1. The number of aryl methyl sites for hydroxylation is 1. The Morgan fingerprint density at radius 1 is 1.28 bits per heavy atom. The zero-order chi connectivity index (χ0) is 13.1. The van der Waals surface area contributed by atoms with Crippen LogP contribution in [0.3, 0.4) is 0 Å². The lowest BCUT2D eigenvalue weighted by Crippen LogP contribution is -2.13. The Bertz CT molecular complexity index is 543. The Hall–Kier alpha value is -1.68. The maximum Gasteiger partial charge on any atom is 0.275 e. The first-order valence-electron chi connectivity index (χ1n) is 5.89. The molecule has 94 valence electrons. The summed E-state index contributed by atoms with van der Waals surface area (Å²) in [5.41, 5.74) is 4.26. The number of anilines is 1. The number of benzene rings is 1. The Labute approximate surface area is 111 Å². The molecule has 0 aliphatic carbocycles. The second kappa shape index (κ2) is 5.31. The van der Waals surface area contributed by atoms with Crippen molar-refractivity contribution in [2.75, 3.05) is 5.32 Å². The van der Waals surface area contributed by atoms with Gasteiger partial charge in [0.15, 0.2) is 0 Å². The van der Waals surface area contributed by atoms with Gasteiger partial charge in [0.05, 0.1) is 5.51 Å². The molecule has 0 radical (unpaired) electrons. The Morgan fingerprint density at radius 2 is 1.94 bits per heavy atom. The zero-order valence-electron chi connectivity index (χ0n) is 10.7. The third kappa shape index (κ3) is 2.76. The average molecular weight is 260 g/mol. The lowest BCUT2D eigenvalue weighted by Gasteiger charge is -2.07. The van der Waals surface area contributed by atoms with Gasteiger partial charge in [0.1, 0.15) is 5.69 Å². The van der Waals surface area contributed by atoms with Gasteiger partial charge in [-0.2, -0.15) is 0 Å². The van der Waals surface area contributed by atoms with E-state index in [9.17, 15) is 4.79 Å². The van der Waals surface area contributed by atoms with Gasteiger partial charge in [0.2, 0.25) is 0 Å². The van der Waals surface area contributed by atoms with E-state index in [0.29, 0.717) is 11.6 Å². The van der Waals surface area contributed by atoms with E-state index in [0.717, 1.165) is 10.6 Å². The first-order chi connectivity index (χ1) is 8.58. The SMILES string of the molecule is Cc1scnc1C(=O)Nc1ccc(C(C)C)cc1. The van der Waals surface area contributed by atoms with Crippen LogP contribution in [0.5, 0.6) is 0 Å². The van der Waals surface area contributed by atoms with Gasteiger partial charge in [0, 0.05) is 10.6 Å². The molecule has 2 aromatic rings. The summed E-state index contributed by atoms with van der Waals surface area (Å²) in [5.74, 6) is 0.349. The maximum absolute atomic E-state index is 11.9. The number of carbonyl (C=O) groups excluding carboxylic acids is 1. The highest BCUT2D eigenvalue weighted by Gasteiger charge is 2.11. The molecule has 0 saturated carbocycles. The molecule has 1 aromatic heterocycles. The van der Waals surface area contributed by atoms with Gasteiger partial charge < -0.3 is 5.32 Å².